The number of carbonyl (C=O) groups is 3. The molecular weight excluding hydrogens is 234 g/mol. The summed E-state index contributed by atoms with van der Waals surface area (Å²) in [5, 5.41) is 11.7. The Hall–Kier alpha value is -1.39. The number of hydrogen-bond donors (Lipinski definition) is 2. The Morgan fingerprint density at radius 1 is 1.11 bits per heavy atom. The van der Waals surface area contributed by atoms with Crippen LogP contribution in [0.25, 0.3) is 0 Å². The number of carboxylic acids is 1. The molecule has 5 nitrogen and oxygen atoms in total. The summed E-state index contributed by atoms with van der Waals surface area (Å²) in [5.41, 5.74) is 0. The van der Waals surface area contributed by atoms with Crippen molar-refractivity contribution in [3.63, 3.8) is 0 Å². The molecule has 1 fully saturated rings. The van der Waals surface area contributed by atoms with E-state index in [1.807, 2.05) is 0 Å². The van der Waals surface area contributed by atoms with Crippen LogP contribution >= 0.6 is 0 Å². The van der Waals surface area contributed by atoms with Gasteiger partial charge in [-0.25, -0.2) is 0 Å². The first kappa shape index (κ1) is 14.7. The molecule has 0 spiro atoms. The normalized spacial score (nSPS) is 23.4. The van der Waals surface area contributed by atoms with Crippen LogP contribution in [0.15, 0.2) is 0 Å². The van der Waals surface area contributed by atoms with E-state index in [0.29, 0.717) is 25.3 Å². The van der Waals surface area contributed by atoms with Crippen molar-refractivity contribution < 1.29 is 19.5 Å². The largest absolute Gasteiger partial charge is 0.481 e. The molecule has 18 heavy (non-hydrogen) atoms. The second-order valence-corrected chi connectivity index (χ2v) is 5.06. The number of carbonyl (C=O) groups excluding carboxylic acids is 2. The van der Waals surface area contributed by atoms with Gasteiger partial charge < -0.3 is 15.2 Å². The highest BCUT2D eigenvalue weighted by molar-refractivity contribution is 5.83. The highest BCUT2D eigenvalue weighted by Gasteiger charge is 2.25. The number of nitrogens with one attached hydrogen (secondary N) is 1. The van der Waals surface area contributed by atoms with Crippen LogP contribution in [0.2, 0.25) is 0 Å². The molecule has 1 saturated carbocycles. The molecule has 0 atom stereocenters. The molecule has 5 heteroatoms. The Balaban J connectivity index is 2.15. The van der Waals surface area contributed by atoms with E-state index < -0.39 is 5.97 Å². The molecule has 0 saturated heterocycles. The van der Waals surface area contributed by atoms with Crippen LogP contribution in [-0.2, 0) is 14.4 Å². The third kappa shape index (κ3) is 5.29. The lowest BCUT2D eigenvalue weighted by molar-refractivity contribution is -0.143. The first-order valence-corrected chi connectivity index (χ1v) is 6.48. The van der Waals surface area contributed by atoms with Crippen molar-refractivity contribution in [2.24, 2.45) is 11.8 Å². The van der Waals surface area contributed by atoms with Gasteiger partial charge in [0.25, 0.3) is 0 Å². The fourth-order valence-electron chi connectivity index (χ4n) is 2.25. The summed E-state index contributed by atoms with van der Waals surface area (Å²) in [6.07, 6.45) is 3.64. The minimum absolute atomic E-state index is 0.0205. The number of carboxylic acid groups (broad SMARTS) is 1. The van der Waals surface area contributed by atoms with Gasteiger partial charge in [0.05, 0.1) is 5.92 Å². The van der Waals surface area contributed by atoms with Gasteiger partial charge in [0.1, 0.15) is 5.78 Å². The Labute approximate surface area is 107 Å². The molecule has 2 N–H and O–H groups in total. The second-order valence-electron chi connectivity index (χ2n) is 5.06. The minimum atomic E-state index is -0.709. The van der Waals surface area contributed by atoms with Crippen LogP contribution < -0.4 is 5.32 Å². The summed E-state index contributed by atoms with van der Waals surface area (Å²) in [6, 6.07) is 0. The van der Waals surface area contributed by atoms with Gasteiger partial charge in [-0.3, -0.25) is 9.59 Å². The molecule has 1 aliphatic rings. The molecule has 0 aromatic carbocycles. The number of ketones is 1. The summed E-state index contributed by atoms with van der Waals surface area (Å²) < 4.78 is 0. The van der Waals surface area contributed by atoms with Gasteiger partial charge in [0.2, 0.25) is 5.91 Å². The van der Waals surface area contributed by atoms with Gasteiger partial charge in [-0.05, 0) is 38.5 Å². The molecular formula is C13H21NO4. The van der Waals surface area contributed by atoms with E-state index in [1.165, 1.54) is 6.92 Å². The van der Waals surface area contributed by atoms with Gasteiger partial charge in [-0.1, -0.05) is 0 Å². The lowest BCUT2D eigenvalue weighted by Crippen LogP contribution is -2.32. The second kappa shape index (κ2) is 7.13. The Morgan fingerprint density at radius 3 is 2.22 bits per heavy atom. The van der Waals surface area contributed by atoms with Crippen molar-refractivity contribution in [2.75, 3.05) is 6.54 Å². The van der Waals surface area contributed by atoms with Gasteiger partial charge in [-0.15, -0.1) is 0 Å². The summed E-state index contributed by atoms with van der Waals surface area (Å²) in [5.74, 6) is -0.617. The van der Waals surface area contributed by atoms with E-state index in [1.54, 1.807) is 0 Å². The van der Waals surface area contributed by atoms with E-state index in [4.69, 9.17) is 5.11 Å². The lowest BCUT2D eigenvalue weighted by Gasteiger charge is -2.26. The molecule has 102 valence electrons. The average Bonchev–Trinajstić information content (AvgIpc) is 2.34. The van der Waals surface area contributed by atoms with Crippen LogP contribution in [0, 0.1) is 11.8 Å². The quantitative estimate of drug-likeness (QED) is 0.750. The summed E-state index contributed by atoms with van der Waals surface area (Å²) in [6.45, 7) is 2.07. The van der Waals surface area contributed by atoms with Crippen molar-refractivity contribution >= 4 is 17.7 Å². The van der Waals surface area contributed by atoms with Crippen LogP contribution in [0.3, 0.4) is 0 Å². The van der Waals surface area contributed by atoms with Gasteiger partial charge in [0.15, 0.2) is 0 Å². The molecule has 0 unspecified atom stereocenters. The topological polar surface area (TPSA) is 83.5 Å². The molecule has 0 heterocycles. The van der Waals surface area contributed by atoms with Crippen molar-refractivity contribution in [1.29, 1.82) is 0 Å². The van der Waals surface area contributed by atoms with Gasteiger partial charge in [-0.2, -0.15) is 0 Å². The molecule has 0 bridgehead atoms. The fraction of sp³-hybridized carbons (Fsp3) is 0.769. The smallest absolute Gasteiger partial charge is 0.306 e. The maximum Gasteiger partial charge on any atom is 0.306 e. The zero-order valence-corrected chi connectivity index (χ0v) is 10.8. The molecule has 1 aliphatic carbocycles. The van der Waals surface area contributed by atoms with Crippen LogP contribution in [-0.4, -0.2) is 29.3 Å². The Morgan fingerprint density at radius 2 is 1.72 bits per heavy atom. The minimum Gasteiger partial charge on any atom is -0.481 e. The van der Waals surface area contributed by atoms with Crippen molar-refractivity contribution in [1.82, 2.24) is 5.32 Å². The maximum atomic E-state index is 11.4. The first-order valence-electron chi connectivity index (χ1n) is 6.48. The average molecular weight is 255 g/mol. The van der Waals surface area contributed by atoms with Crippen molar-refractivity contribution in [3.05, 3.63) is 0 Å². The molecule has 0 aliphatic heterocycles. The van der Waals surface area contributed by atoms with E-state index in [9.17, 15) is 14.4 Å². The predicted molar refractivity (Wildman–Crippen MR) is 66.0 cm³/mol. The number of hydrogen-bond acceptors (Lipinski definition) is 3. The summed E-state index contributed by atoms with van der Waals surface area (Å²) >= 11 is 0. The molecule has 0 radical (unpaired) electrons. The monoisotopic (exact) mass is 255 g/mol. The van der Waals surface area contributed by atoms with Crippen LogP contribution in [0.1, 0.15) is 45.4 Å². The third-order valence-electron chi connectivity index (χ3n) is 3.49. The summed E-state index contributed by atoms with van der Waals surface area (Å²) in [7, 11) is 0. The highest BCUT2D eigenvalue weighted by Crippen LogP contribution is 2.28. The fourth-order valence-corrected chi connectivity index (χ4v) is 2.25. The van der Waals surface area contributed by atoms with E-state index >= 15 is 0 Å². The molecule has 1 rings (SSSR count). The number of aliphatic carboxylic acids is 1. The number of rotatable bonds is 6. The predicted octanol–water partition coefficient (Wildman–Crippen LogP) is 1.36. The molecule has 1 amide bonds. The zero-order valence-electron chi connectivity index (χ0n) is 10.8. The molecule has 0 aromatic rings. The Bertz CT molecular complexity index is 319. The summed E-state index contributed by atoms with van der Waals surface area (Å²) in [4.78, 5) is 32.9. The SMILES string of the molecule is CC(=O)CCC(=O)NCC1CCC(C(=O)O)CC1. The van der Waals surface area contributed by atoms with Crippen molar-refractivity contribution in [2.45, 2.75) is 45.4 Å². The zero-order chi connectivity index (χ0) is 13.5. The maximum absolute atomic E-state index is 11.4. The van der Waals surface area contributed by atoms with Crippen LogP contribution in [0.5, 0.6) is 0 Å². The van der Waals surface area contributed by atoms with Crippen LogP contribution in [0.4, 0.5) is 0 Å². The van der Waals surface area contributed by atoms with E-state index in [0.717, 1.165) is 12.8 Å². The Kier molecular flexibility index (Phi) is 5.82. The third-order valence-corrected chi connectivity index (χ3v) is 3.49. The van der Waals surface area contributed by atoms with Crippen molar-refractivity contribution in [3.8, 4) is 0 Å². The molecule has 0 aromatic heterocycles. The van der Waals surface area contributed by atoms with Gasteiger partial charge in [0, 0.05) is 19.4 Å². The highest BCUT2D eigenvalue weighted by atomic mass is 16.4. The number of amides is 1. The number of Topliss-reactive ketones (excluding diaryl/α,β-unsaturated/α-hetero) is 1. The van der Waals surface area contributed by atoms with E-state index in [-0.39, 0.29) is 30.4 Å². The standard InChI is InChI=1S/C13H21NO4/c1-9(15)2-7-12(16)14-8-10-3-5-11(6-4-10)13(17)18/h10-11H,2-8H2,1H3,(H,14,16)(H,17,18). The first-order chi connectivity index (χ1) is 8.49. The lowest BCUT2D eigenvalue weighted by atomic mass is 9.82. The van der Waals surface area contributed by atoms with Gasteiger partial charge >= 0.3 is 5.97 Å². The van der Waals surface area contributed by atoms with E-state index in [2.05, 4.69) is 5.32 Å².